The predicted molar refractivity (Wildman–Crippen MR) is 116 cm³/mol. The van der Waals surface area contributed by atoms with Gasteiger partial charge in [0.25, 0.3) is 0 Å². The first kappa shape index (κ1) is 21.6. The first-order valence-corrected chi connectivity index (χ1v) is 11.6. The topological polar surface area (TPSA) is 70.3 Å². The van der Waals surface area contributed by atoms with Gasteiger partial charge in [-0.25, -0.2) is 9.97 Å². The molecule has 5 heterocycles. The molecule has 11 heteroatoms. The summed E-state index contributed by atoms with van der Waals surface area (Å²) in [4.78, 5) is 14.3. The molecule has 5 rings (SSSR count). The SMILES string of the molecule is OCCn1cc(CN2CCC3CN(c4ncnc5sc(CC(F)(F)F)cc45)CCC32)cn1. The fourth-order valence-electron chi connectivity index (χ4n) is 5.05. The fraction of sp³-hybridized carbons (Fsp3) is 0.571. The average molecular weight is 467 g/mol. The van der Waals surface area contributed by atoms with Gasteiger partial charge in [-0.05, 0) is 31.4 Å². The van der Waals surface area contributed by atoms with Crippen molar-refractivity contribution in [2.45, 2.75) is 44.6 Å². The van der Waals surface area contributed by atoms with Gasteiger partial charge in [-0.15, -0.1) is 11.3 Å². The molecule has 0 aromatic carbocycles. The van der Waals surface area contributed by atoms with Crippen molar-refractivity contribution in [1.82, 2.24) is 24.6 Å². The predicted octanol–water partition coefficient (Wildman–Crippen LogP) is 3.09. The van der Waals surface area contributed by atoms with Gasteiger partial charge in [0, 0.05) is 42.3 Å². The normalized spacial score (nSPS) is 22.1. The van der Waals surface area contributed by atoms with Crippen LogP contribution in [0, 0.1) is 5.92 Å². The summed E-state index contributed by atoms with van der Waals surface area (Å²) in [5.74, 6) is 1.25. The monoisotopic (exact) mass is 466 g/mol. The Labute approximate surface area is 187 Å². The van der Waals surface area contributed by atoms with Crippen LogP contribution in [0.4, 0.5) is 19.0 Å². The molecule has 0 aliphatic carbocycles. The van der Waals surface area contributed by atoms with Crippen LogP contribution in [0.1, 0.15) is 23.3 Å². The summed E-state index contributed by atoms with van der Waals surface area (Å²) in [5, 5.41) is 14.1. The highest BCUT2D eigenvalue weighted by molar-refractivity contribution is 7.18. The van der Waals surface area contributed by atoms with E-state index in [-0.39, 0.29) is 11.5 Å². The van der Waals surface area contributed by atoms with Gasteiger partial charge in [-0.1, -0.05) is 0 Å². The second kappa shape index (κ2) is 8.60. The first-order chi connectivity index (χ1) is 15.4. The van der Waals surface area contributed by atoms with Crippen LogP contribution in [0.15, 0.2) is 24.8 Å². The molecule has 3 aromatic heterocycles. The van der Waals surface area contributed by atoms with Crippen LogP contribution in [0.5, 0.6) is 0 Å². The molecule has 7 nitrogen and oxygen atoms in total. The van der Waals surface area contributed by atoms with E-state index < -0.39 is 12.6 Å². The van der Waals surface area contributed by atoms with E-state index in [9.17, 15) is 13.2 Å². The standard InChI is InChI=1S/C21H25F3N6OS/c22-21(23,24)8-16-7-17-19(25-13-26-20(17)32-16)29-4-2-18-15(12-29)1-3-28(18)10-14-9-27-30(11-14)5-6-31/h7,9,11,13,15,18,31H,1-6,8,10,12H2. The zero-order valence-corrected chi connectivity index (χ0v) is 18.3. The number of thiophene rings is 1. The second-order valence-corrected chi connectivity index (χ2v) is 9.69. The third-order valence-electron chi connectivity index (χ3n) is 6.39. The minimum Gasteiger partial charge on any atom is -0.394 e. The van der Waals surface area contributed by atoms with Crippen LogP contribution in [-0.4, -0.2) is 68.2 Å². The van der Waals surface area contributed by atoms with Gasteiger partial charge in [-0.2, -0.15) is 18.3 Å². The second-order valence-electron chi connectivity index (χ2n) is 8.58. The van der Waals surface area contributed by atoms with Crippen LogP contribution < -0.4 is 4.90 Å². The van der Waals surface area contributed by atoms with E-state index in [1.165, 1.54) is 6.33 Å². The molecule has 2 aliphatic rings. The Morgan fingerprint density at radius 2 is 2.06 bits per heavy atom. The molecule has 0 saturated carbocycles. The van der Waals surface area contributed by atoms with E-state index in [1.54, 1.807) is 10.7 Å². The largest absolute Gasteiger partial charge is 0.394 e. The lowest BCUT2D eigenvalue weighted by atomic mass is 9.92. The van der Waals surface area contributed by atoms with Gasteiger partial charge >= 0.3 is 6.18 Å². The third kappa shape index (κ3) is 4.46. The molecule has 0 radical (unpaired) electrons. The van der Waals surface area contributed by atoms with Crippen LogP contribution in [0.2, 0.25) is 0 Å². The Bertz CT molecular complexity index is 1080. The third-order valence-corrected chi connectivity index (χ3v) is 7.43. The molecule has 0 spiro atoms. The summed E-state index contributed by atoms with van der Waals surface area (Å²) in [6, 6.07) is 2.09. The smallest absolute Gasteiger partial charge is 0.393 e. The summed E-state index contributed by atoms with van der Waals surface area (Å²) in [6.45, 7) is 4.10. The molecular weight excluding hydrogens is 441 g/mol. The van der Waals surface area contributed by atoms with Crippen molar-refractivity contribution in [2.75, 3.05) is 31.1 Å². The zero-order valence-electron chi connectivity index (χ0n) is 17.5. The Kier molecular flexibility index (Phi) is 5.81. The lowest BCUT2D eigenvalue weighted by Crippen LogP contribution is -2.46. The average Bonchev–Trinajstić information content (AvgIpc) is 3.45. The molecule has 0 bridgehead atoms. The summed E-state index contributed by atoms with van der Waals surface area (Å²) in [7, 11) is 0. The molecular formula is C21H25F3N6OS. The number of aliphatic hydroxyl groups is 1. The Balaban J connectivity index is 1.28. The van der Waals surface area contributed by atoms with Gasteiger partial charge in [0.15, 0.2) is 0 Å². The van der Waals surface area contributed by atoms with E-state index in [0.29, 0.717) is 23.3 Å². The molecule has 2 unspecified atom stereocenters. The number of likely N-dealkylation sites (tertiary alicyclic amines) is 1. The van der Waals surface area contributed by atoms with Gasteiger partial charge in [0.1, 0.15) is 17.0 Å². The number of halogens is 3. The van der Waals surface area contributed by atoms with E-state index in [0.717, 1.165) is 67.1 Å². The summed E-state index contributed by atoms with van der Waals surface area (Å²) in [5.41, 5.74) is 1.15. The number of alkyl halides is 3. The maximum atomic E-state index is 12.8. The van der Waals surface area contributed by atoms with E-state index in [4.69, 9.17) is 5.11 Å². The number of anilines is 1. The number of aromatic nitrogens is 4. The van der Waals surface area contributed by atoms with Crippen LogP contribution in [-0.2, 0) is 19.5 Å². The highest BCUT2D eigenvalue weighted by Crippen LogP contribution is 2.38. The number of aliphatic hydroxyl groups excluding tert-OH is 1. The highest BCUT2D eigenvalue weighted by atomic mass is 32.1. The minimum absolute atomic E-state index is 0.0729. The molecule has 2 saturated heterocycles. The fourth-order valence-corrected chi connectivity index (χ4v) is 6.07. The van der Waals surface area contributed by atoms with E-state index >= 15 is 0 Å². The van der Waals surface area contributed by atoms with E-state index in [2.05, 4.69) is 24.9 Å². The van der Waals surface area contributed by atoms with Gasteiger partial charge in [0.05, 0.1) is 31.2 Å². The van der Waals surface area contributed by atoms with Gasteiger partial charge < -0.3 is 10.0 Å². The zero-order chi connectivity index (χ0) is 22.3. The number of rotatable bonds is 6. The number of nitrogens with zero attached hydrogens (tertiary/aromatic N) is 6. The maximum absolute atomic E-state index is 12.8. The minimum atomic E-state index is -4.23. The van der Waals surface area contributed by atoms with Gasteiger partial charge in [-0.3, -0.25) is 9.58 Å². The molecule has 2 fully saturated rings. The van der Waals surface area contributed by atoms with Crippen molar-refractivity contribution in [1.29, 1.82) is 0 Å². The molecule has 172 valence electrons. The molecule has 2 aliphatic heterocycles. The van der Waals surface area contributed by atoms with Crippen molar-refractivity contribution >= 4 is 27.4 Å². The molecule has 2 atom stereocenters. The number of hydrogen-bond acceptors (Lipinski definition) is 7. The lowest BCUT2D eigenvalue weighted by molar-refractivity contribution is -0.126. The molecule has 1 N–H and O–H groups in total. The van der Waals surface area contributed by atoms with Crippen molar-refractivity contribution in [3.8, 4) is 0 Å². The Morgan fingerprint density at radius 1 is 1.19 bits per heavy atom. The summed E-state index contributed by atoms with van der Waals surface area (Å²) in [6.07, 6.45) is 2.24. The number of hydrogen-bond donors (Lipinski definition) is 1. The lowest BCUT2D eigenvalue weighted by Gasteiger charge is -2.38. The molecule has 3 aromatic rings. The van der Waals surface area contributed by atoms with E-state index in [1.807, 2.05) is 12.4 Å². The molecule has 0 amide bonds. The number of piperidine rings is 1. The quantitative estimate of drug-likeness (QED) is 0.602. The van der Waals surface area contributed by atoms with Crippen molar-refractivity contribution in [3.05, 3.63) is 35.2 Å². The Morgan fingerprint density at radius 3 is 2.88 bits per heavy atom. The van der Waals surface area contributed by atoms with Gasteiger partial charge in [0.2, 0.25) is 0 Å². The number of fused-ring (bicyclic) bond motifs is 2. The first-order valence-electron chi connectivity index (χ1n) is 10.8. The van der Waals surface area contributed by atoms with Crippen molar-refractivity contribution < 1.29 is 18.3 Å². The summed E-state index contributed by atoms with van der Waals surface area (Å²) >= 11 is 1.10. The van der Waals surface area contributed by atoms with Crippen molar-refractivity contribution in [2.24, 2.45) is 5.92 Å². The maximum Gasteiger partial charge on any atom is 0.393 e. The van der Waals surface area contributed by atoms with Crippen molar-refractivity contribution in [3.63, 3.8) is 0 Å². The van der Waals surface area contributed by atoms with Crippen LogP contribution >= 0.6 is 11.3 Å². The molecule has 32 heavy (non-hydrogen) atoms. The summed E-state index contributed by atoms with van der Waals surface area (Å²) < 4.78 is 40.3. The Hall–Kier alpha value is -2.24. The van der Waals surface area contributed by atoms with Crippen LogP contribution in [0.25, 0.3) is 10.2 Å². The van der Waals surface area contributed by atoms with Crippen LogP contribution in [0.3, 0.4) is 0 Å². The highest BCUT2D eigenvalue weighted by Gasteiger charge is 2.39.